The number of H-pyrrole nitrogens is 1. The molecule has 8 nitrogen and oxygen atoms in total. The van der Waals surface area contributed by atoms with E-state index in [0.717, 1.165) is 0 Å². The molecule has 2 aromatic rings. The summed E-state index contributed by atoms with van der Waals surface area (Å²) < 4.78 is 25.0. The smallest absolute Gasteiger partial charge is 0.303 e. The highest BCUT2D eigenvalue weighted by atomic mass is 35.5. The van der Waals surface area contributed by atoms with Crippen LogP contribution in [0.1, 0.15) is 25.5 Å². The van der Waals surface area contributed by atoms with Gasteiger partial charge in [-0.2, -0.15) is 0 Å². The van der Waals surface area contributed by atoms with Crippen LogP contribution in [-0.4, -0.2) is 51.8 Å². The Kier molecular flexibility index (Phi) is 4.87. The molecule has 0 aromatic carbocycles. The van der Waals surface area contributed by atoms with Crippen LogP contribution in [0.15, 0.2) is 12.5 Å². The van der Waals surface area contributed by atoms with Gasteiger partial charge >= 0.3 is 11.9 Å². The molecule has 2 aromatic heterocycles. The Morgan fingerprint density at radius 1 is 1.32 bits per heavy atom. The van der Waals surface area contributed by atoms with Crippen molar-refractivity contribution in [3.63, 3.8) is 0 Å². The molecule has 1 saturated heterocycles. The summed E-state index contributed by atoms with van der Waals surface area (Å²) in [5.74, 6) is -1.12. The number of hydrogen-bond acceptors (Lipinski definition) is 7. The normalized spacial score (nSPS) is 25.9. The van der Waals surface area contributed by atoms with Crippen LogP contribution in [0.4, 0.5) is 4.39 Å². The number of esters is 2. The first kappa shape index (κ1) is 17.6. The molecule has 1 aliphatic rings. The Morgan fingerprint density at radius 3 is 2.76 bits per heavy atom. The summed E-state index contributed by atoms with van der Waals surface area (Å²) in [7, 11) is 0. The minimum atomic E-state index is -1.56. The van der Waals surface area contributed by atoms with E-state index >= 15 is 4.39 Å². The Balaban J connectivity index is 1.91. The second-order valence-corrected chi connectivity index (χ2v) is 6.06. The molecule has 4 atom stereocenters. The van der Waals surface area contributed by atoms with E-state index in [4.69, 9.17) is 21.1 Å². The fourth-order valence-electron chi connectivity index (χ4n) is 2.95. The molecule has 3 rings (SSSR count). The molecule has 1 aliphatic heterocycles. The van der Waals surface area contributed by atoms with Crippen molar-refractivity contribution in [3.8, 4) is 0 Å². The van der Waals surface area contributed by atoms with Gasteiger partial charge in [0.1, 0.15) is 18.5 Å². The molecule has 2 N–H and O–H groups in total. The number of nitrogens with one attached hydrogen (secondary N) is 2. The van der Waals surface area contributed by atoms with E-state index in [1.54, 1.807) is 6.20 Å². The predicted molar refractivity (Wildman–Crippen MR) is 85.6 cm³/mol. The van der Waals surface area contributed by atoms with Crippen LogP contribution in [-0.2, 0) is 19.1 Å². The van der Waals surface area contributed by atoms with Gasteiger partial charge in [0.25, 0.3) is 0 Å². The van der Waals surface area contributed by atoms with Crippen LogP contribution in [0.5, 0.6) is 0 Å². The number of rotatable bonds is 4. The summed E-state index contributed by atoms with van der Waals surface area (Å²) in [5.41, 5.74) is 1.48. The lowest BCUT2D eigenvalue weighted by atomic mass is 10.0. The summed E-state index contributed by atoms with van der Waals surface area (Å²) in [6.45, 7) is 2.32. The number of nitrogens with zero attached hydrogens (tertiary/aromatic N) is 2. The van der Waals surface area contributed by atoms with Crippen LogP contribution >= 0.6 is 11.6 Å². The van der Waals surface area contributed by atoms with Crippen LogP contribution in [0, 0.1) is 0 Å². The van der Waals surface area contributed by atoms with Crippen molar-refractivity contribution in [2.24, 2.45) is 0 Å². The quantitative estimate of drug-likeness (QED) is 0.619. The van der Waals surface area contributed by atoms with Gasteiger partial charge in [-0.05, 0) is 0 Å². The Hall–Kier alpha value is -2.26. The summed E-state index contributed by atoms with van der Waals surface area (Å²) in [4.78, 5) is 33.3. The van der Waals surface area contributed by atoms with Gasteiger partial charge in [-0.25, -0.2) is 14.4 Å². The Bertz CT molecular complexity index is 814. The minimum Gasteiger partial charge on any atom is -0.464 e. The molecular weight excluding hydrogens is 355 g/mol. The van der Waals surface area contributed by atoms with E-state index in [-0.39, 0.29) is 11.8 Å². The van der Waals surface area contributed by atoms with E-state index in [1.807, 2.05) is 0 Å². The van der Waals surface area contributed by atoms with Crippen molar-refractivity contribution in [3.05, 3.63) is 23.2 Å². The number of halogens is 2. The molecule has 134 valence electrons. The third-order valence-corrected chi connectivity index (χ3v) is 4.26. The average molecular weight is 371 g/mol. The van der Waals surface area contributed by atoms with Crippen molar-refractivity contribution in [1.29, 1.82) is 0 Å². The van der Waals surface area contributed by atoms with E-state index in [1.165, 1.54) is 20.2 Å². The van der Waals surface area contributed by atoms with Crippen LogP contribution in [0.2, 0.25) is 5.15 Å². The number of carbonyl (C=O) groups is 2. The van der Waals surface area contributed by atoms with Gasteiger partial charge < -0.3 is 14.5 Å². The average Bonchev–Trinajstić information content (AvgIpc) is 3.09. The van der Waals surface area contributed by atoms with E-state index in [9.17, 15) is 9.59 Å². The Morgan fingerprint density at radius 2 is 2.08 bits per heavy atom. The molecule has 10 heteroatoms. The molecule has 1 fully saturated rings. The van der Waals surface area contributed by atoms with Gasteiger partial charge in [0.05, 0.1) is 17.6 Å². The maximum Gasteiger partial charge on any atom is 0.303 e. The van der Waals surface area contributed by atoms with Crippen molar-refractivity contribution >= 4 is 34.6 Å². The molecule has 0 radical (unpaired) electrons. The van der Waals surface area contributed by atoms with Crippen molar-refractivity contribution < 1.29 is 23.5 Å². The van der Waals surface area contributed by atoms with E-state index < -0.39 is 36.3 Å². The summed E-state index contributed by atoms with van der Waals surface area (Å²) in [6, 6.07) is -1.50. The summed E-state index contributed by atoms with van der Waals surface area (Å²) >= 11 is 6.00. The van der Waals surface area contributed by atoms with Gasteiger partial charge in [0.2, 0.25) is 0 Å². The topological polar surface area (TPSA) is 106 Å². The fraction of sp³-hybridized carbons (Fsp3) is 0.467. The molecule has 0 saturated carbocycles. The maximum atomic E-state index is 15.0. The zero-order valence-electron chi connectivity index (χ0n) is 13.5. The Labute approximate surface area is 147 Å². The van der Waals surface area contributed by atoms with Crippen molar-refractivity contribution in [2.45, 2.75) is 38.2 Å². The first-order valence-corrected chi connectivity index (χ1v) is 7.94. The van der Waals surface area contributed by atoms with Gasteiger partial charge in [0, 0.05) is 25.6 Å². The SMILES string of the molecule is CC(=O)OCC1NC(c2c[nH]c3c(Cl)ncnc23)C(F)C1OC(C)=O. The number of aromatic nitrogens is 3. The lowest BCUT2D eigenvalue weighted by molar-refractivity contribution is -0.151. The molecular formula is C15H16ClFN4O4. The molecule has 0 amide bonds. The lowest BCUT2D eigenvalue weighted by Gasteiger charge is -2.19. The van der Waals surface area contributed by atoms with Crippen molar-refractivity contribution in [2.75, 3.05) is 6.61 Å². The van der Waals surface area contributed by atoms with E-state index in [0.29, 0.717) is 16.6 Å². The predicted octanol–water partition coefficient (Wildman–Crippen LogP) is 1.46. The largest absolute Gasteiger partial charge is 0.464 e. The highest BCUT2D eigenvalue weighted by Gasteiger charge is 2.47. The fourth-order valence-corrected chi connectivity index (χ4v) is 3.13. The highest BCUT2D eigenvalue weighted by Crippen LogP contribution is 2.36. The third-order valence-electron chi connectivity index (χ3n) is 3.97. The molecule has 3 heterocycles. The highest BCUT2D eigenvalue weighted by molar-refractivity contribution is 6.33. The number of fused-ring (bicyclic) bond motifs is 1. The number of carbonyl (C=O) groups excluding carboxylic acids is 2. The first-order chi connectivity index (χ1) is 11.9. The van der Waals surface area contributed by atoms with E-state index in [2.05, 4.69) is 20.3 Å². The zero-order valence-corrected chi connectivity index (χ0v) is 14.2. The number of aromatic amines is 1. The third kappa shape index (κ3) is 3.42. The monoisotopic (exact) mass is 370 g/mol. The summed E-state index contributed by atoms with van der Waals surface area (Å²) in [5, 5.41) is 3.23. The van der Waals surface area contributed by atoms with Gasteiger partial charge in [-0.15, -0.1) is 0 Å². The zero-order chi connectivity index (χ0) is 18.1. The second-order valence-electron chi connectivity index (χ2n) is 5.70. The van der Waals surface area contributed by atoms with Crippen LogP contribution in [0.3, 0.4) is 0 Å². The molecule has 0 bridgehead atoms. The number of alkyl halides is 1. The molecule has 0 aliphatic carbocycles. The lowest BCUT2D eigenvalue weighted by Crippen LogP contribution is -2.39. The van der Waals surface area contributed by atoms with Crippen molar-refractivity contribution in [1.82, 2.24) is 20.3 Å². The molecule has 4 unspecified atom stereocenters. The molecule has 0 spiro atoms. The van der Waals surface area contributed by atoms with Gasteiger partial charge in [-0.3, -0.25) is 14.9 Å². The maximum absolute atomic E-state index is 15.0. The first-order valence-electron chi connectivity index (χ1n) is 7.56. The van der Waals surface area contributed by atoms with Crippen LogP contribution < -0.4 is 5.32 Å². The van der Waals surface area contributed by atoms with Crippen LogP contribution in [0.25, 0.3) is 11.0 Å². The standard InChI is InChI=1S/C15H16ClFN4O4/c1-6(22)24-4-9-14(25-7(2)23)10(17)11(21-9)8-3-18-13-12(8)19-5-20-15(13)16/h3,5,9-11,14,18,21H,4H2,1-2H3. The number of ether oxygens (including phenoxy) is 2. The van der Waals surface area contributed by atoms with Gasteiger partial charge in [0.15, 0.2) is 17.4 Å². The van der Waals surface area contributed by atoms with Gasteiger partial charge in [-0.1, -0.05) is 11.6 Å². The second kappa shape index (κ2) is 6.93. The number of hydrogen-bond donors (Lipinski definition) is 2. The minimum absolute atomic E-state index is 0.123. The summed E-state index contributed by atoms with van der Waals surface area (Å²) in [6.07, 6.45) is 0.208. The molecule has 25 heavy (non-hydrogen) atoms.